The Morgan fingerprint density at radius 3 is 2.71 bits per heavy atom. The van der Waals surface area contributed by atoms with Crippen molar-refractivity contribution >= 4 is 11.7 Å². The van der Waals surface area contributed by atoms with Crippen LogP contribution in [0.2, 0.25) is 0 Å². The summed E-state index contributed by atoms with van der Waals surface area (Å²) in [6.07, 6.45) is 1.49. The van der Waals surface area contributed by atoms with Crippen LogP contribution in [-0.2, 0) is 16.1 Å². The van der Waals surface area contributed by atoms with Crippen LogP contribution in [0.1, 0.15) is 35.9 Å². The Balaban J connectivity index is 1.77. The second-order valence-electron chi connectivity index (χ2n) is 5.97. The predicted octanol–water partition coefficient (Wildman–Crippen LogP) is 1.47. The summed E-state index contributed by atoms with van der Waals surface area (Å²) in [6.45, 7) is 4.41. The number of hydrogen-bond acceptors (Lipinski definition) is 5. The van der Waals surface area contributed by atoms with Crippen molar-refractivity contribution in [2.45, 2.75) is 32.5 Å². The van der Waals surface area contributed by atoms with Gasteiger partial charge in [-0.1, -0.05) is 35.5 Å². The average molecular weight is 328 g/mol. The summed E-state index contributed by atoms with van der Waals surface area (Å²) in [6, 6.07) is 9.71. The average Bonchev–Trinajstić information content (AvgIpc) is 3.04. The molecule has 0 saturated carbocycles. The normalized spacial score (nSPS) is 20.8. The van der Waals surface area contributed by atoms with Gasteiger partial charge in [-0.3, -0.25) is 9.59 Å². The highest BCUT2D eigenvalue weighted by Gasteiger charge is 2.31. The molecule has 1 fully saturated rings. The standard InChI is InChI=1S/C17H20N4O3/c1-12-8-21(16(11-24-12)14-6-4-3-5-7-14)17(23)10-20-9-15(13(2)22)18-19-20/h3-7,9,12,16H,8,10-11H2,1-2H3. The van der Waals surface area contributed by atoms with Crippen LogP contribution < -0.4 is 0 Å². The molecule has 2 heterocycles. The molecule has 0 spiro atoms. The SMILES string of the molecule is CC(=O)c1cn(CC(=O)N2CC(C)OCC2c2ccccc2)nn1. The lowest BCUT2D eigenvalue weighted by atomic mass is 10.0. The van der Waals surface area contributed by atoms with E-state index >= 15 is 0 Å². The molecule has 1 aliphatic rings. The molecule has 0 N–H and O–H groups in total. The molecule has 24 heavy (non-hydrogen) atoms. The molecule has 2 unspecified atom stereocenters. The molecule has 1 aromatic carbocycles. The largest absolute Gasteiger partial charge is 0.374 e. The Labute approximate surface area is 140 Å². The Morgan fingerprint density at radius 2 is 2.04 bits per heavy atom. The summed E-state index contributed by atoms with van der Waals surface area (Å²) in [4.78, 5) is 25.9. The third-order valence-corrected chi connectivity index (χ3v) is 4.07. The van der Waals surface area contributed by atoms with Gasteiger partial charge in [-0.05, 0) is 12.5 Å². The van der Waals surface area contributed by atoms with Crippen molar-refractivity contribution in [2.24, 2.45) is 0 Å². The summed E-state index contributed by atoms with van der Waals surface area (Å²) in [7, 11) is 0. The number of nitrogens with zero attached hydrogens (tertiary/aromatic N) is 4. The van der Waals surface area contributed by atoms with Gasteiger partial charge < -0.3 is 9.64 Å². The van der Waals surface area contributed by atoms with Gasteiger partial charge in [0.25, 0.3) is 0 Å². The molecule has 2 aromatic rings. The molecular weight excluding hydrogens is 308 g/mol. The maximum Gasteiger partial charge on any atom is 0.245 e. The fourth-order valence-corrected chi connectivity index (χ4v) is 2.80. The molecule has 0 bridgehead atoms. The Morgan fingerprint density at radius 1 is 1.29 bits per heavy atom. The van der Waals surface area contributed by atoms with Crippen molar-refractivity contribution in [1.82, 2.24) is 19.9 Å². The summed E-state index contributed by atoms with van der Waals surface area (Å²) >= 11 is 0. The number of morpholine rings is 1. The van der Waals surface area contributed by atoms with Crippen LogP contribution in [0.15, 0.2) is 36.5 Å². The molecule has 0 aliphatic carbocycles. The first-order chi connectivity index (χ1) is 11.5. The van der Waals surface area contributed by atoms with E-state index in [-0.39, 0.29) is 36.1 Å². The predicted molar refractivity (Wildman–Crippen MR) is 86.3 cm³/mol. The fraction of sp³-hybridized carbons (Fsp3) is 0.412. The Bertz CT molecular complexity index is 728. The number of ether oxygens (including phenoxy) is 1. The van der Waals surface area contributed by atoms with Gasteiger partial charge >= 0.3 is 0 Å². The molecule has 7 heteroatoms. The van der Waals surface area contributed by atoms with Crippen LogP contribution in [0.3, 0.4) is 0 Å². The van der Waals surface area contributed by atoms with Gasteiger partial charge in [-0.25, -0.2) is 4.68 Å². The number of aromatic nitrogens is 3. The van der Waals surface area contributed by atoms with E-state index < -0.39 is 0 Å². The summed E-state index contributed by atoms with van der Waals surface area (Å²) in [5.74, 6) is -0.241. The first kappa shape index (κ1) is 16.3. The van der Waals surface area contributed by atoms with Crippen molar-refractivity contribution in [3.05, 3.63) is 47.8 Å². The number of hydrogen-bond donors (Lipinski definition) is 0. The van der Waals surface area contributed by atoms with E-state index in [4.69, 9.17) is 4.74 Å². The lowest BCUT2D eigenvalue weighted by Crippen LogP contribution is -2.47. The van der Waals surface area contributed by atoms with Crippen molar-refractivity contribution in [1.29, 1.82) is 0 Å². The summed E-state index contributed by atoms with van der Waals surface area (Å²) < 4.78 is 7.14. The van der Waals surface area contributed by atoms with E-state index in [0.29, 0.717) is 13.2 Å². The number of rotatable bonds is 4. The second-order valence-corrected chi connectivity index (χ2v) is 5.97. The Kier molecular flexibility index (Phi) is 4.71. The van der Waals surface area contributed by atoms with Crippen LogP contribution in [0.25, 0.3) is 0 Å². The summed E-state index contributed by atoms with van der Waals surface area (Å²) in [5.41, 5.74) is 1.30. The zero-order valence-electron chi connectivity index (χ0n) is 13.8. The molecule has 1 amide bonds. The van der Waals surface area contributed by atoms with E-state index in [1.165, 1.54) is 17.8 Å². The molecule has 0 radical (unpaired) electrons. The Hall–Kier alpha value is -2.54. The van der Waals surface area contributed by atoms with Gasteiger partial charge in [0.1, 0.15) is 12.2 Å². The first-order valence-electron chi connectivity index (χ1n) is 7.91. The maximum atomic E-state index is 12.8. The number of carbonyl (C=O) groups is 2. The molecule has 2 atom stereocenters. The van der Waals surface area contributed by atoms with Crippen LogP contribution in [0, 0.1) is 0 Å². The van der Waals surface area contributed by atoms with E-state index in [1.54, 1.807) is 0 Å². The highest BCUT2D eigenvalue weighted by molar-refractivity contribution is 5.91. The minimum Gasteiger partial charge on any atom is -0.374 e. The molecule has 1 aliphatic heterocycles. The monoisotopic (exact) mass is 328 g/mol. The molecule has 1 aromatic heterocycles. The van der Waals surface area contributed by atoms with Gasteiger partial charge in [-0.2, -0.15) is 0 Å². The van der Waals surface area contributed by atoms with Crippen molar-refractivity contribution in [3.8, 4) is 0 Å². The molecule has 126 valence electrons. The molecular formula is C17H20N4O3. The number of amides is 1. The third-order valence-electron chi connectivity index (χ3n) is 4.07. The highest BCUT2D eigenvalue weighted by Crippen LogP contribution is 2.26. The van der Waals surface area contributed by atoms with Gasteiger partial charge in [0.2, 0.25) is 5.91 Å². The topological polar surface area (TPSA) is 77.3 Å². The van der Waals surface area contributed by atoms with Gasteiger partial charge in [-0.15, -0.1) is 5.10 Å². The van der Waals surface area contributed by atoms with Crippen LogP contribution in [0.5, 0.6) is 0 Å². The minimum absolute atomic E-state index is 0.0163. The molecule has 3 rings (SSSR count). The van der Waals surface area contributed by atoms with Gasteiger partial charge in [0.05, 0.1) is 24.9 Å². The van der Waals surface area contributed by atoms with E-state index in [9.17, 15) is 9.59 Å². The number of carbonyl (C=O) groups excluding carboxylic acids is 2. The minimum atomic E-state index is -0.171. The van der Waals surface area contributed by atoms with Gasteiger partial charge in [0.15, 0.2) is 5.78 Å². The van der Waals surface area contributed by atoms with Crippen LogP contribution >= 0.6 is 0 Å². The second kappa shape index (κ2) is 6.92. The number of benzene rings is 1. The quantitative estimate of drug-likeness (QED) is 0.794. The van der Waals surface area contributed by atoms with Crippen LogP contribution in [0.4, 0.5) is 0 Å². The van der Waals surface area contributed by atoms with Crippen molar-refractivity contribution < 1.29 is 14.3 Å². The highest BCUT2D eigenvalue weighted by atomic mass is 16.5. The van der Waals surface area contributed by atoms with E-state index in [0.717, 1.165) is 5.56 Å². The lowest BCUT2D eigenvalue weighted by molar-refractivity contribution is -0.145. The molecule has 1 saturated heterocycles. The zero-order valence-corrected chi connectivity index (χ0v) is 13.8. The van der Waals surface area contributed by atoms with Crippen molar-refractivity contribution in [3.63, 3.8) is 0 Å². The summed E-state index contributed by atoms with van der Waals surface area (Å²) in [5, 5.41) is 7.63. The first-order valence-corrected chi connectivity index (χ1v) is 7.91. The molecule has 7 nitrogen and oxygen atoms in total. The fourth-order valence-electron chi connectivity index (χ4n) is 2.80. The van der Waals surface area contributed by atoms with Crippen LogP contribution in [-0.4, -0.2) is 50.8 Å². The zero-order chi connectivity index (χ0) is 17.1. The smallest absolute Gasteiger partial charge is 0.245 e. The number of Topliss-reactive ketones (excluding diaryl/α,β-unsaturated/α-hetero) is 1. The van der Waals surface area contributed by atoms with E-state index in [1.807, 2.05) is 42.2 Å². The van der Waals surface area contributed by atoms with E-state index in [2.05, 4.69) is 10.3 Å². The van der Waals surface area contributed by atoms with Crippen molar-refractivity contribution in [2.75, 3.05) is 13.2 Å². The third kappa shape index (κ3) is 3.51. The maximum absolute atomic E-state index is 12.8. The lowest BCUT2D eigenvalue weighted by Gasteiger charge is -2.39. The van der Waals surface area contributed by atoms with Gasteiger partial charge in [0, 0.05) is 13.5 Å². The number of ketones is 1.